The molecule has 0 N–H and O–H groups in total. The fraction of sp³-hybridized carbons (Fsp3) is 0.259. The van der Waals surface area contributed by atoms with Crippen molar-refractivity contribution in [1.82, 2.24) is 0 Å². The Morgan fingerprint density at radius 1 is 1.03 bits per heavy atom. The van der Waals surface area contributed by atoms with E-state index in [9.17, 15) is 9.59 Å². The zero-order valence-electron chi connectivity index (χ0n) is 18.8. The second kappa shape index (κ2) is 9.79. The van der Waals surface area contributed by atoms with E-state index >= 15 is 0 Å². The molecule has 1 heterocycles. The van der Waals surface area contributed by atoms with E-state index in [1.165, 1.54) is 0 Å². The summed E-state index contributed by atoms with van der Waals surface area (Å²) in [5.41, 5.74) is 2.15. The van der Waals surface area contributed by atoms with Gasteiger partial charge in [-0.15, -0.1) is 0 Å². The topological polar surface area (TPSA) is 65.7 Å². The fourth-order valence-electron chi connectivity index (χ4n) is 3.85. The van der Waals surface area contributed by atoms with E-state index in [1.807, 2.05) is 68.4 Å². The molecule has 0 saturated heterocycles. The minimum absolute atomic E-state index is 0.0758. The minimum atomic E-state index is -0.410. The van der Waals surface area contributed by atoms with Crippen molar-refractivity contribution in [3.8, 4) is 17.1 Å². The van der Waals surface area contributed by atoms with Crippen LogP contribution < -0.4 is 4.74 Å². The van der Waals surface area contributed by atoms with Gasteiger partial charge in [0.15, 0.2) is 12.4 Å². The predicted molar refractivity (Wildman–Crippen MR) is 133 cm³/mol. The number of para-hydroxylation sites is 1. The highest BCUT2D eigenvalue weighted by molar-refractivity contribution is 9.10. The molecular weight excluding hydrogens is 484 g/mol. The lowest BCUT2D eigenvalue weighted by atomic mass is 9.95. The normalized spacial score (nSPS) is 11.3. The first-order valence-electron chi connectivity index (χ1n) is 10.9. The molecule has 4 aromatic rings. The molecule has 1 aromatic heterocycles. The van der Waals surface area contributed by atoms with Gasteiger partial charge in [0.2, 0.25) is 0 Å². The van der Waals surface area contributed by atoms with Crippen molar-refractivity contribution in [2.24, 2.45) is 5.92 Å². The van der Waals surface area contributed by atoms with Gasteiger partial charge in [-0.1, -0.05) is 60.1 Å². The number of ketones is 1. The Balaban J connectivity index is 1.75. The Kier molecular flexibility index (Phi) is 6.84. The molecule has 0 atom stereocenters. The summed E-state index contributed by atoms with van der Waals surface area (Å²) in [5.74, 6) is 1.06. The molecule has 0 fully saturated rings. The highest BCUT2D eigenvalue weighted by Gasteiger charge is 2.23. The number of hydrogen-bond acceptors (Lipinski definition) is 5. The van der Waals surface area contributed by atoms with Gasteiger partial charge < -0.3 is 13.9 Å². The van der Waals surface area contributed by atoms with Crippen LogP contribution in [0.1, 0.15) is 37.6 Å². The van der Waals surface area contributed by atoms with Crippen LogP contribution in [0.15, 0.2) is 63.5 Å². The average Bonchev–Trinajstić information content (AvgIpc) is 3.17. The molecule has 0 amide bonds. The molecule has 0 radical (unpaired) electrons. The second-order valence-electron chi connectivity index (χ2n) is 8.26. The van der Waals surface area contributed by atoms with E-state index in [0.717, 1.165) is 26.2 Å². The van der Waals surface area contributed by atoms with Crippen molar-refractivity contribution >= 4 is 49.4 Å². The zero-order valence-corrected chi connectivity index (χ0v) is 20.4. The number of rotatable bonds is 8. The van der Waals surface area contributed by atoms with Crippen LogP contribution in [-0.4, -0.2) is 25.0 Å². The summed E-state index contributed by atoms with van der Waals surface area (Å²) in [6.45, 7) is 6.00. The van der Waals surface area contributed by atoms with Crippen LogP contribution in [0.25, 0.3) is 33.1 Å². The quantitative estimate of drug-likeness (QED) is 0.186. The molecule has 6 heteroatoms. The molecule has 0 aliphatic carbocycles. The number of furan rings is 1. The molecule has 0 spiro atoms. The number of halogens is 1. The summed E-state index contributed by atoms with van der Waals surface area (Å²) in [6.07, 6.45) is 0.453. The molecule has 0 aliphatic heterocycles. The van der Waals surface area contributed by atoms with Crippen molar-refractivity contribution in [1.29, 1.82) is 0 Å². The van der Waals surface area contributed by atoms with Crippen LogP contribution >= 0.6 is 15.9 Å². The number of hydrogen-bond donors (Lipinski definition) is 0. The molecule has 170 valence electrons. The third kappa shape index (κ3) is 4.96. The number of Topliss-reactive ketones (excluding diaryl/α,β-unsaturated/α-hetero) is 1. The first-order valence-corrected chi connectivity index (χ1v) is 11.7. The van der Waals surface area contributed by atoms with E-state index < -0.39 is 5.97 Å². The lowest BCUT2D eigenvalue weighted by molar-refractivity contribution is -0.145. The number of esters is 1. The molecule has 0 bridgehead atoms. The lowest BCUT2D eigenvalue weighted by Gasteiger charge is -2.10. The summed E-state index contributed by atoms with van der Waals surface area (Å²) in [4.78, 5) is 24.7. The standard InChI is InChI=1S/C27H25BrO5/c1-4-31-25(30)15-32-19-12-17-9-10-18(13-21(17)22(28)14-19)27-26(23(29)11-16(2)3)20-7-5-6-8-24(20)33-27/h5-10,12-14,16H,4,11,15H2,1-3H3. The number of fused-ring (bicyclic) bond motifs is 2. The first kappa shape index (κ1) is 23.1. The summed E-state index contributed by atoms with van der Waals surface area (Å²) >= 11 is 3.61. The fourth-order valence-corrected chi connectivity index (χ4v) is 4.42. The maximum atomic E-state index is 13.1. The minimum Gasteiger partial charge on any atom is -0.482 e. The molecule has 0 aliphatic rings. The van der Waals surface area contributed by atoms with Gasteiger partial charge in [-0.25, -0.2) is 4.79 Å². The number of ether oxygens (including phenoxy) is 2. The third-order valence-electron chi connectivity index (χ3n) is 5.27. The van der Waals surface area contributed by atoms with Gasteiger partial charge >= 0.3 is 5.97 Å². The SMILES string of the molecule is CCOC(=O)COc1cc(Br)c2cc(-c3oc4ccccc4c3C(=O)CC(C)C)ccc2c1. The van der Waals surface area contributed by atoms with E-state index in [4.69, 9.17) is 13.9 Å². The van der Waals surface area contributed by atoms with Crippen molar-refractivity contribution in [2.45, 2.75) is 27.2 Å². The predicted octanol–water partition coefficient (Wildman–Crippen LogP) is 7.19. The summed E-state index contributed by atoms with van der Waals surface area (Å²) in [5, 5.41) is 2.71. The molecule has 0 saturated carbocycles. The van der Waals surface area contributed by atoms with Gasteiger partial charge in [-0.3, -0.25) is 4.79 Å². The summed E-state index contributed by atoms with van der Waals surface area (Å²) in [7, 11) is 0. The monoisotopic (exact) mass is 508 g/mol. The van der Waals surface area contributed by atoms with Gasteiger partial charge in [-0.05, 0) is 47.9 Å². The summed E-state index contributed by atoms with van der Waals surface area (Å²) < 4.78 is 17.5. The maximum absolute atomic E-state index is 13.1. The number of carbonyl (C=O) groups excluding carboxylic acids is 2. The number of carbonyl (C=O) groups is 2. The van der Waals surface area contributed by atoms with Crippen LogP contribution in [0.5, 0.6) is 5.75 Å². The van der Waals surface area contributed by atoms with Crippen molar-refractivity contribution in [2.75, 3.05) is 13.2 Å². The van der Waals surface area contributed by atoms with Gasteiger partial charge in [0.25, 0.3) is 0 Å². The van der Waals surface area contributed by atoms with Gasteiger partial charge in [-0.2, -0.15) is 0 Å². The molecule has 3 aromatic carbocycles. The van der Waals surface area contributed by atoms with E-state index in [2.05, 4.69) is 15.9 Å². The van der Waals surface area contributed by atoms with Crippen LogP contribution in [0.2, 0.25) is 0 Å². The van der Waals surface area contributed by atoms with Crippen LogP contribution in [-0.2, 0) is 9.53 Å². The zero-order chi connectivity index (χ0) is 23.5. The molecule has 33 heavy (non-hydrogen) atoms. The molecule has 5 nitrogen and oxygen atoms in total. The lowest BCUT2D eigenvalue weighted by Crippen LogP contribution is -2.14. The Labute approximate surface area is 200 Å². The largest absolute Gasteiger partial charge is 0.482 e. The number of benzene rings is 3. The molecule has 0 unspecified atom stereocenters. The van der Waals surface area contributed by atoms with Gasteiger partial charge in [0, 0.05) is 21.8 Å². The highest BCUT2D eigenvalue weighted by Crippen LogP contribution is 2.38. The average molecular weight is 509 g/mol. The Morgan fingerprint density at radius 2 is 1.82 bits per heavy atom. The van der Waals surface area contributed by atoms with E-state index in [1.54, 1.807) is 6.92 Å². The van der Waals surface area contributed by atoms with E-state index in [0.29, 0.717) is 35.7 Å². The van der Waals surface area contributed by atoms with Crippen LogP contribution in [0, 0.1) is 5.92 Å². The van der Waals surface area contributed by atoms with Crippen molar-refractivity contribution in [3.63, 3.8) is 0 Å². The Hall–Kier alpha value is -3.12. The highest BCUT2D eigenvalue weighted by atomic mass is 79.9. The molecular formula is C27H25BrO5. The van der Waals surface area contributed by atoms with Crippen molar-refractivity contribution in [3.05, 3.63) is 64.6 Å². The third-order valence-corrected chi connectivity index (χ3v) is 5.93. The summed E-state index contributed by atoms with van der Waals surface area (Å²) in [6, 6.07) is 17.2. The maximum Gasteiger partial charge on any atom is 0.344 e. The van der Waals surface area contributed by atoms with Gasteiger partial charge in [0.1, 0.15) is 17.1 Å². The first-order chi connectivity index (χ1) is 15.9. The smallest absolute Gasteiger partial charge is 0.344 e. The molecule has 4 rings (SSSR count). The second-order valence-corrected chi connectivity index (χ2v) is 9.11. The van der Waals surface area contributed by atoms with Crippen LogP contribution in [0.4, 0.5) is 0 Å². The Morgan fingerprint density at radius 3 is 2.58 bits per heavy atom. The Bertz CT molecular complexity index is 1340. The van der Waals surface area contributed by atoms with E-state index in [-0.39, 0.29) is 18.3 Å². The van der Waals surface area contributed by atoms with Crippen molar-refractivity contribution < 1.29 is 23.5 Å². The van der Waals surface area contributed by atoms with Crippen LogP contribution in [0.3, 0.4) is 0 Å². The van der Waals surface area contributed by atoms with Gasteiger partial charge in [0.05, 0.1) is 12.2 Å².